The second-order valence-electron chi connectivity index (χ2n) is 3.77. The number of halogens is 2. The summed E-state index contributed by atoms with van der Waals surface area (Å²) in [7, 11) is 0. The van der Waals surface area contributed by atoms with Gasteiger partial charge >= 0.3 is 0 Å². The van der Waals surface area contributed by atoms with Gasteiger partial charge in [-0.15, -0.1) is 0 Å². The van der Waals surface area contributed by atoms with E-state index in [2.05, 4.69) is 5.32 Å². The van der Waals surface area contributed by atoms with Gasteiger partial charge in [-0.05, 0) is 18.2 Å². The Morgan fingerprint density at radius 2 is 2.29 bits per heavy atom. The Balaban J connectivity index is 1.93. The van der Waals surface area contributed by atoms with Crippen LogP contribution in [0.4, 0.5) is 10.1 Å². The van der Waals surface area contributed by atoms with E-state index in [-0.39, 0.29) is 11.1 Å². The lowest BCUT2D eigenvalue weighted by Gasteiger charge is -2.26. The van der Waals surface area contributed by atoms with Crippen molar-refractivity contribution in [3.63, 3.8) is 0 Å². The summed E-state index contributed by atoms with van der Waals surface area (Å²) < 4.78 is 24.2. The predicted octanol–water partition coefficient (Wildman–Crippen LogP) is 3.62. The van der Waals surface area contributed by atoms with Gasteiger partial charge in [-0.1, -0.05) is 11.6 Å². The summed E-state index contributed by atoms with van der Waals surface area (Å²) in [6.07, 6.45) is 1.33. The molecule has 88 valence electrons. The van der Waals surface area contributed by atoms with Crippen LogP contribution in [0.15, 0.2) is 34.9 Å². The first kappa shape index (κ1) is 10.5. The maximum atomic E-state index is 13.3. The summed E-state index contributed by atoms with van der Waals surface area (Å²) in [4.78, 5) is 0. The molecule has 2 aromatic rings. The van der Waals surface area contributed by atoms with Crippen LogP contribution < -0.4 is 10.1 Å². The van der Waals surface area contributed by atoms with E-state index in [1.807, 2.05) is 6.07 Å². The lowest BCUT2D eigenvalue weighted by atomic mass is 10.2. The van der Waals surface area contributed by atoms with Crippen molar-refractivity contribution in [3.8, 4) is 5.75 Å². The third-order valence-electron chi connectivity index (χ3n) is 2.63. The summed E-state index contributed by atoms with van der Waals surface area (Å²) in [6, 6.07) is 6.41. The molecule has 0 radical (unpaired) electrons. The third-order valence-corrected chi connectivity index (χ3v) is 2.92. The van der Waals surface area contributed by atoms with Gasteiger partial charge in [0, 0.05) is 6.07 Å². The maximum absolute atomic E-state index is 13.3. The number of hydrogen-bond donors (Lipinski definition) is 1. The second kappa shape index (κ2) is 3.96. The highest BCUT2D eigenvalue weighted by molar-refractivity contribution is 6.31. The summed E-state index contributed by atoms with van der Waals surface area (Å²) in [5.74, 6) is 0.658. The van der Waals surface area contributed by atoms with Crippen LogP contribution in [0, 0.1) is 5.82 Å². The molecule has 2 heterocycles. The van der Waals surface area contributed by atoms with E-state index in [1.54, 1.807) is 12.3 Å². The lowest BCUT2D eigenvalue weighted by Crippen LogP contribution is -2.23. The second-order valence-corrected chi connectivity index (χ2v) is 4.17. The summed E-state index contributed by atoms with van der Waals surface area (Å²) in [5.41, 5.74) is 0.694. The molecule has 0 amide bonds. The Morgan fingerprint density at radius 1 is 1.41 bits per heavy atom. The van der Waals surface area contributed by atoms with Crippen molar-refractivity contribution in [2.75, 3.05) is 11.9 Å². The Morgan fingerprint density at radius 3 is 3.06 bits per heavy atom. The van der Waals surface area contributed by atoms with Gasteiger partial charge in [-0.25, -0.2) is 4.39 Å². The number of fused-ring (bicyclic) bond motifs is 1. The average Bonchev–Trinajstić information content (AvgIpc) is 2.83. The zero-order chi connectivity index (χ0) is 11.8. The first-order chi connectivity index (χ1) is 8.24. The Kier molecular flexibility index (Phi) is 2.44. The molecular weight excluding hydrogens is 245 g/mol. The summed E-state index contributed by atoms with van der Waals surface area (Å²) >= 11 is 5.69. The molecule has 0 saturated heterocycles. The molecule has 1 atom stereocenters. The van der Waals surface area contributed by atoms with Crippen LogP contribution in [-0.2, 0) is 0 Å². The highest BCUT2D eigenvalue weighted by Gasteiger charge is 2.24. The number of anilines is 1. The smallest absolute Gasteiger partial charge is 0.173 e. The van der Waals surface area contributed by atoms with Crippen molar-refractivity contribution >= 4 is 17.3 Å². The summed E-state index contributed by atoms with van der Waals surface area (Å²) in [5, 5.41) is 3.21. The number of furan rings is 1. The fraction of sp³-hybridized carbons (Fsp3) is 0.167. The molecule has 1 aliphatic heterocycles. The van der Waals surface area contributed by atoms with Crippen LogP contribution in [0.3, 0.4) is 0 Å². The number of nitrogens with one attached hydrogen (secondary N) is 1. The van der Waals surface area contributed by atoms with E-state index in [0.29, 0.717) is 23.7 Å². The predicted molar refractivity (Wildman–Crippen MR) is 62.0 cm³/mol. The minimum atomic E-state index is -0.493. The van der Waals surface area contributed by atoms with Gasteiger partial charge in [0.1, 0.15) is 17.3 Å². The average molecular weight is 254 g/mol. The molecule has 0 saturated carbocycles. The van der Waals surface area contributed by atoms with Crippen LogP contribution in [0.5, 0.6) is 5.75 Å². The Labute approximate surface area is 102 Å². The summed E-state index contributed by atoms with van der Waals surface area (Å²) in [6.45, 7) is 0.558. The molecule has 1 aromatic carbocycles. The van der Waals surface area contributed by atoms with Crippen molar-refractivity contribution in [2.24, 2.45) is 0 Å². The van der Waals surface area contributed by atoms with E-state index in [0.717, 1.165) is 0 Å². The topological polar surface area (TPSA) is 34.4 Å². The molecular formula is C12H9ClFNO2. The van der Waals surface area contributed by atoms with Gasteiger partial charge in [0.2, 0.25) is 0 Å². The fourth-order valence-corrected chi connectivity index (χ4v) is 1.96. The highest BCUT2D eigenvalue weighted by atomic mass is 35.5. The van der Waals surface area contributed by atoms with Crippen molar-refractivity contribution in [1.29, 1.82) is 0 Å². The normalized spacial score (nSPS) is 18.1. The third kappa shape index (κ3) is 1.85. The zero-order valence-electron chi connectivity index (χ0n) is 8.74. The number of rotatable bonds is 1. The molecule has 1 aromatic heterocycles. The monoisotopic (exact) mass is 253 g/mol. The molecule has 0 aliphatic carbocycles. The van der Waals surface area contributed by atoms with E-state index in [4.69, 9.17) is 20.8 Å². The van der Waals surface area contributed by atoms with Crippen LogP contribution in [-0.4, -0.2) is 6.54 Å². The number of hydrogen-bond acceptors (Lipinski definition) is 3. The molecule has 1 N–H and O–H groups in total. The minimum Gasteiger partial charge on any atom is -0.478 e. The Hall–Kier alpha value is -1.68. The number of ether oxygens (including phenoxy) is 1. The molecule has 3 rings (SSSR count). The molecule has 0 bridgehead atoms. The first-order valence-electron chi connectivity index (χ1n) is 5.17. The number of benzene rings is 1. The van der Waals surface area contributed by atoms with Gasteiger partial charge in [0.25, 0.3) is 0 Å². The zero-order valence-corrected chi connectivity index (χ0v) is 9.50. The van der Waals surface area contributed by atoms with Gasteiger partial charge in [-0.3, -0.25) is 0 Å². The van der Waals surface area contributed by atoms with Gasteiger partial charge in [0.05, 0.1) is 23.5 Å². The van der Waals surface area contributed by atoms with Crippen molar-refractivity contribution < 1.29 is 13.5 Å². The molecule has 3 nitrogen and oxygen atoms in total. The van der Waals surface area contributed by atoms with Gasteiger partial charge in [0.15, 0.2) is 6.10 Å². The molecule has 0 spiro atoms. The molecule has 1 unspecified atom stereocenters. The minimum absolute atomic E-state index is 0.0799. The SMILES string of the molecule is Fc1cc2c(cc1Cl)NCC(c1ccco1)O2. The van der Waals surface area contributed by atoms with E-state index >= 15 is 0 Å². The standard InChI is InChI=1S/C12H9ClFNO2/c13-7-4-9-11(5-8(7)14)17-12(6-15-9)10-2-1-3-16-10/h1-5,12,15H,6H2. The largest absolute Gasteiger partial charge is 0.478 e. The Bertz CT molecular complexity index is 542. The molecule has 1 aliphatic rings. The van der Waals surface area contributed by atoms with E-state index < -0.39 is 5.82 Å². The first-order valence-corrected chi connectivity index (χ1v) is 5.55. The van der Waals surface area contributed by atoms with Gasteiger partial charge in [-0.2, -0.15) is 0 Å². The van der Waals surface area contributed by atoms with E-state index in [1.165, 1.54) is 12.1 Å². The van der Waals surface area contributed by atoms with Crippen LogP contribution in [0.1, 0.15) is 11.9 Å². The molecule has 17 heavy (non-hydrogen) atoms. The quantitative estimate of drug-likeness (QED) is 0.843. The van der Waals surface area contributed by atoms with Crippen LogP contribution in [0.2, 0.25) is 5.02 Å². The molecule has 0 fully saturated rings. The van der Waals surface area contributed by atoms with Crippen molar-refractivity contribution in [1.82, 2.24) is 0 Å². The van der Waals surface area contributed by atoms with Crippen molar-refractivity contribution in [3.05, 3.63) is 47.1 Å². The van der Waals surface area contributed by atoms with Gasteiger partial charge < -0.3 is 14.5 Å². The highest BCUT2D eigenvalue weighted by Crippen LogP contribution is 2.37. The van der Waals surface area contributed by atoms with Crippen molar-refractivity contribution in [2.45, 2.75) is 6.10 Å². The molecule has 5 heteroatoms. The van der Waals surface area contributed by atoms with Crippen LogP contribution in [0.25, 0.3) is 0 Å². The lowest BCUT2D eigenvalue weighted by molar-refractivity contribution is 0.180. The van der Waals surface area contributed by atoms with E-state index in [9.17, 15) is 4.39 Å². The van der Waals surface area contributed by atoms with Crippen LogP contribution >= 0.6 is 11.6 Å². The maximum Gasteiger partial charge on any atom is 0.173 e. The fourth-order valence-electron chi connectivity index (χ4n) is 1.79.